The molecule has 1 nitrogen and oxygen atoms in total. The molecule has 0 amide bonds. The van der Waals surface area contributed by atoms with E-state index in [0.717, 1.165) is 18.5 Å². The third-order valence-electron chi connectivity index (χ3n) is 2.98. The average molecular weight is 278 g/mol. The fourth-order valence-corrected chi connectivity index (χ4v) is 2.05. The Kier molecular flexibility index (Phi) is 5.71. The quantitative estimate of drug-likeness (QED) is 0.761. The van der Waals surface area contributed by atoms with Crippen molar-refractivity contribution in [2.24, 2.45) is 5.92 Å². The Morgan fingerprint density at radius 3 is 2.47 bits per heavy atom. The van der Waals surface area contributed by atoms with Crippen LogP contribution in [0.3, 0.4) is 0 Å². The van der Waals surface area contributed by atoms with Crippen molar-refractivity contribution in [1.82, 2.24) is 5.32 Å². The second-order valence-electron chi connectivity index (χ2n) is 4.43. The van der Waals surface area contributed by atoms with Crippen molar-refractivity contribution in [2.45, 2.75) is 33.2 Å². The van der Waals surface area contributed by atoms with Gasteiger partial charge in [-0.15, -0.1) is 0 Å². The molecule has 0 bridgehead atoms. The third-order valence-corrected chi connectivity index (χ3v) is 3.59. The topological polar surface area (TPSA) is 12.0 Å². The van der Waals surface area contributed by atoms with Crippen LogP contribution in [-0.2, 0) is 0 Å². The van der Waals surface area contributed by atoms with Crippen LogP contribution in [0.1, 0.15) is 38.8 Å². The minimum atomic E-state index is -0.428. The zero-order valence-electron chi connectivity index (χ0n) is 10.4. The van der Waals surface area contributed by atoms with E-state index in [2.05, 4.69) is 19.2 Å². The Hall–Kier alpha value is -0.310. The summed E-state index contributed by atoms with van der Waals surface area (Å²) in [7, 11) is 0. The highest BCUT2D eigenvalue weighted by atomic mass is 35.5. The molecule has 0 aliphatic heterocycles. The van der Waals surface area contributed by atoms with Crippen LogP contribution in [-0.4, -0.2) is 6.54 Å². The van der Waals surface area contributed by atoms with Gasteiger partial charge < -0.3 is 5.32 Å². The molecule has 96 valence electrons. The Labute approximate surface area is 112 Å². The van der Waals surface area contributed by atoms with Gasteiger partial charge in [0.15, 0.2) is 0 Å². The summed E-state index contributed by atoms with van der Waals surface area (Å²) in [6.07, 6.45) is 1.11. The normalized spacial score (nSPS) is 14.7. The van der Waals surface area contributed by atoms with Crippen molar-refractivity contribution in [1.29, 1.82) is 0 Å². The number of halogens is 3. The molecule has 1 N–H and O–H groups in total. The maximum Gasteiger partial charge on any atom is 0.142 e. The van der Waals surface area contributed by atoms with Gasteiger partial charge in [-0.25, -0.2) is 4.39 Å². The van der Waals surface area contributed by atoms with Gasteiger partial charge in [0.25, 0.3) is 0 Å². The standard InChI is InChI=1S/C13H18Cl2FN/c1-4-8(2)7-17-9(3)10-5-13(16)12(15)6-11(10)14/h5-6,8-9,17H,4,7H2,1-3H3. The summed E-state index contributed by atoms with van der Waals surface area (Å²) in [5.74, 6) is 0.164. The van der Waals surface area contributed by atoms with E-state index in [4.69, 9.17) is 23.2 Å². The summed E-state index contributed by atoms with van der Waals surface area (Å²) in [5.41, 5.74) is 0.747. The summed E-state index contributed by atoms with van der Waals surface area (Å²) >= 11 is 11.7. The molecule has 2 unspecified atom stereocenters. The van der Waals surface area contributed by atoms with Crippen molar-refractivity contribution < 1.29 is 4.39 Å². The minimum absolute atomic E-state index is 0.0169. The zero-order valence-corrected chi connectivity index (χ0v) is 11.9. The van der Waals surface area contributed by atoms with E-state index in [1.54, 1.807) is 0 Å². The lowest BCUT2D eigenvalue weighted by Crippen LogP contribution is -2.24. The lowest BCUT2D eigenvalue weighted by Gasteiger charge is -2.18. The molecule has 0 saturated heterocycles. The average Bonchev–Trinajstić information content (AvgIpc) is 2.30. The van der Waals surface area contributed by atoms with Crippen LogP contribution in [0.4, 0.5) is 4.39 Å². The van der Waals surface area contributed by atoms with Gasteiger partial charge in [0.1, 0.15) is 5.82 Å². The smallest absolute Gasteiger partial charge is 0.142 e. The maximum atomic E-state index is 13.4. The van der Waals surface area contributed by atoms with Gasteiger partial charge in [-0.1, -0.05) is 43.5 Å². The third kappa shape index (κ3) is 4.13. The predicted octanol–water partition coefficient (Wildman–Crippen LogP) is 4.83. The highest BCUT2D eigenvalue weighted by Gasteiger charge is 2.13. The molecular weight excluding hydrogens is 260 g/mol. The highest BCUT2D eigenvalue weighted by molar-refractivity contribution is 6.35. The van der Waals surface area contributed by atoms with Crippen LogP contribution in [0, 0.1) is 11.7 Å². The van der Waals surface area contributed by atoms with Gasteiger partial charge in [-0.2, -0.15) is 0 Å². The maximum absolute atomic E-state index is 13.4. The van der Waals surface area contributed by atoms with E-state index >= 15 is 0 Å². The first-order valence-corrected chi connectivity index (χ1v) is 6.59. The number of rotatable bonds is 5. The highest BCUT2D eigenvalue weighted by Crippen LogP contribution is 2.28. The van der Waals surface area contributed by atoms with Crippen molar-refractivity contribution in [2.75, 3.05) is 6.54 Å². The van der Waals surface area contributed by atoms with Crippen LogP contribution in [0.5, 0.6) is 0 Å². The summed E-state index contributed by atoms with van der Waals surface area (Å²) < 4.78 is 13.4. The summed E-state index contributed by atoms with van der Waals surface area (Å²) in [6, 6.07) is 2.87. The van der Waals surface area contributed by atoms with E-state index in [9.17, 15) is 4.39 Å². The Morgan fingerprint density at radius 2 is 1.88 bits per heavy atom. The summed E-state index contributed by atoms with van der Waals surface area (Å²) in [4.78, 5) is 0. The number of nitrogens with one attached hydrogen (secondary N) is 1. The molecule has 1 aromatic rings. The molecule has 0 heterocycles. The molecule has 0 aliphatic carbocycles. The molecule has 17 heavy (non-hydrogen) atoms. The van der Waals surface area contributed by atoms with E-state index < -0.39 is 5.82 Å². The zero-order chi connectivity index (χ0) is 13.0. The van der Waals surface area contributed by atoms with E-state index in [0.29, 0.717) is 10.9 Å². The van der Waals surface area contributed by atoms with Gasteiger partial charge in [0, 0.05) is 11.1 Å². The monoisotopic (exact) mass is 277 g/mol. The minimum Gasteiger partial charge on any atom is -0.310 e. The molecule has 0 aliphatic rings. The first kappa shape index (κ1) is 14.7. The van der Waals surface area contributed by atoms with Crippen LogP contribution >= 0.6 is 23.2 Å². The van der Waals surface area contributed by atoms with Gasteiger partial charge >= 0.3 is 0 Å². The predicted molar refractivity (Wildman–Crippen MR) is 72.3 cm³/mol. The van der Waals surface area contributed by atoms with Crippen LogP contribution in [0.15, 0.2) is 12.1 Å². The second-order valence-corrected chi connectivity index (χ2v) is 5.25. The molecule has 0 radical (unpaired) electrons. The molecule has 0 fully saturated rings. The van der Waals surface area contributed by atoms with E-state index in [1.165, 1.54) is 12.1 Å². The second kappa shape index (κ2) is 6.58. The molecule has 0 spiro atoms. The Morgan fingerprint density at radius 1 is 1.24 bits per heavy atom. The van der Waals surface area contributed by atoms with Crippen LogP contribution in [0.2, 0.25) is 10.0 Å². The van der Waals surface area contributed by atoms with Crippen molar-refractivity contribution >= 4 is 23.2 Å². The van der Waals surface area contributed by atoms with Crippen LogP contribution < -0.4 is 5.32 Å². The molecule has 4 heteroatoms. The SMILES string of the molecule is CCC(C)CNC(C)c1cc(F)c(Cl)cc1Cl. The van der Waals surface area contributed by atoms with E-state index in [-0.39, 0.29) is 11.1 Å². The summed E-state index contributed by atoms with van der Waals surface area (Å²) in [6.45, 7) is 7.17. The molecule has 0 aromatic heterocycles. The number of benzene rings is 1. The largest absolute Gasteiger partial charge is 0.310 e. The number of hydrogen-bond donors (Lipinski definition) is 1. The van der Waals surface area contributed by atoms with Gasteiger partial charge in [-0.05, 0) is 37.1 Å². The molecule has 1 aromatic carbocycles. The molecule has 0 saturated carbocycles. The molecular formula is C13H18Cl2FN. The lowest BCUT2D eigenvalue weighted by atomic mass is 10.1. The van der Waals surface area contributed by atoms with Crippen LogP contribution in [0.25, 0.3) is 0 Å². The molecule has 1 rings (SSSR count). The van der Waals surface area contributed by atoms with Gasteiger partial charge in [-0.3, -0.25) is 0 Å². The van der Waals surface area contributed by atoms with Crippen molar-refractivity contribution in [3.05, 3.63) is 33.6 Å². The molecule has 2 atom stereocenters. The van der Waals surface area contributed by atoms with Gasteiger partial charge in [0.05, 0.1) is 5.02 Å². The Balaban J connectivity index is 2.75. The first-order valence-electron chi connectivity index (χ1n) is 5.83. The summed E-state index contributed by atoms with van der Waals surface area (Å²) in [5, 5.41) is 3.91. The van der Waals surface area contributed by atoms with Crippen molar-refractivity contribution in [3.8, 4) is 0 Å². The van der Waals surface area contributed by atoms with Crippen molar-refractivity contribution in [3.63, 3.8) is 0 Å². The first-order chi connectivity index (χ1) is 7.95. The fourth-order valence-electron chi connectivity index (χ4n) is 1.50. The number of hydrogen-bond acceptors (Lipinski definition) is 1. The van der Waals surface area contributed by atoms with Gasteiger partial charge in [0.2, 0.25) is 0 Å². The van der Waals surface area contributed by atoms with E-state index in [1.807, 2.05) is 6.92 Å². The fraction of sp³-hybridized carbons (Fsp3) is 0.538. The Bertz CT molecular complexity index is 382. The lowest BCUT2D eigenvalue weighted by molar-refractivity contribution is 0.460.